The average molecular weight is 427 g/mol. The van der Waals surface area contributed by atoms with Crippen LogP contribution in [0, 0.1) is 6.92 Å². The number of benzene rings is 1. The number of methoxy groups -OCH3 is 1. The summed E-state index contributed by atoms with van der Waals surface area (Å²) in [6, 6.07) is 6.02. The average Bonchev–Trinajstić information content (AvgIpc) is 2.46. The largest absolute Gasteiger partial charge is 0.496 e. The maximum atomic E-state index is 12.2. The molecule has 0 unspecified atom stereocenters. The van der Waals surface area contributed by atoms with Crippen molar-refractivity contribution in [1.29, 1.82) is 0 Å². The number of aryl methyl sites for hydroxylation is 1. The quantitative estimate of drug-likeness (QED) is 0.400. The molecule has 1 rings (SSSR count). The second kappa shape index (κ2) is 11.4. The van der Waals surface area contributed by atoms with Crippen LogP contribution in [0.3, 0.4) is 0 Å². The fourth-order valence-electron chi connectivity index (χ4n) is 1.85. The second-order valence-corrected chi connectivity index (χ2v) is 4.59. The highest BCUT2D eigenvalue weighted by Crippen LogP contribution is 2.18. The highest BCUT2D eigenvalue weighted by atomic mass is 127. The lowest BCUT2D eigenvalue weighted by atomic mass is 10.1. The van der Waals surface area contributed by atoms with E-state index in [1.807, 2.05) is 32.0 Å². The van der Waals surface area contributed by atoms with Crippen LogP contribution in [-0.2, 0) is 6.42 Å². The molecule has 0 saturated heterocycles. The predicted octanol–water partition coefficient (Wildman–Crippen LogP) is 2.98. The summed E-state index contributed by atoms with van der Waals surface area (Å²) in [6.07, 6.45) is -1.67. The van der Waals surface area contributed by atoms with Crippen molar-refractivity contribution in [1.82, 2.24) is 10.6 Å². The molecule has 126 valence electrons. The lowest BCUT2D eigenvalue weighted by molar-refractivity contribution is 0.158. The summed E-state index contributed by atoms with van der Waals surface area (Å²) in [5.41, 5.74) is 2.20. The SMILES string of the molecule is CCNC(=NCC(F)F)NCCc1ccc(C)c(OC)c1.I. The maximum Gasteiger partial charge on any atom is 0.257 e. The van der Waals surface area contributed by atoms with Gasteiger partial charge < -0.3 is 15.4 Å². The van der Waals surface area contributed by atoms with Crippen molar-refractivity contribution < 1.29 is 13.5 Å². The van der Waals surface area contributed by atoms with Crippen LogP contribution < -0.4 is 15.4 Å². The molecule has 2 N–H and O–H groups in total. The number of guanidine groups is 1. The molecule has 7 heteroatoms. The first-order chi connectivity index (χ1) is 10.1. The smallest absolute Gasteiger partial charge is 0.257 e. The molecule has 4 nitrogen and oxygen atoms in total. The van der Waals surface area contributed by atoms with E-state index in [0.29, 0.717) is 19.0 Å². The molecule has 0 aliphatic carbocycles. The molecule has 0 heterocycles. The summed E-state index contributed by atoms with van der Waals surface area (Å²) in [5, 5.41) is 5.98. The van der Waals surface area contributed by atoms with Crippen molar-refractivity contribution in [3.63, 3.8) is 0 Å². The molecule has 0 aliphatic rings. The standard InChI is InChI=1S/C15H23F2N3O.HI/c1-4-18-15(20-10-14(16)17)19-8-7-12-6-5-11(2)13(9-12)21-3;/h5-6,9,14H,4,7-8,10H2,1-3H3,(H2,18,19,20);1H. The summed E-state index contributed by atoms with van der Waals surface area (Å²) >= 11 is 0. The van der Waals surface area contributed by atoms with E-state index in [2.05, 4.69) is 15.6 Å². The zero-order valence-electron chi connectivity index (χ0n) is 13.2. The lowest BCUT2D eigenvalue weighted by Crippen LogP contribution is -2.38. The van der Waals surface area contributed by atoms with E-state index in [1.165, 1.54) is 0 Å². The van der Waals surface area contributed by atoms with Crippen molar-refractivity contribution >= 4 is 29.9 Å². The summed E-state index contributed by atoms with van der Waals surface area (Å²) in [5.74, 6) is 1.27. The number of hydrogen-bond acceptors (Lipinski definition) is 2. The molecule has 1 aromatic rings. The minimum Gasteiger partial charge on any atom is -0.496 e. The molecule has 0 amide bonds. The van der Waals surface area contributed by atoms with Crippen molar-refractivity contribution in [3.05, 3.63) is 29.3 Å². The minimum atomic E-state index is -2.43. The Kier molecular flexibility index (Phi) is 10.9. The van der Waals surface area contributed by atoms with E-state index in [-0.39, 0.29) is 24.0 Å². The van der Waals surface area contributed by atoms with Crippen molar-refractivity contribution in [2.24, 2.45) is 4.99 Å². The molecule has 0 saturated carbocycles. The molecule has 0 bridgehead atoms. The van der Waals surface area contributed by atoms with E-state index in [4.69, 9.17) is 4.74 Å². The van der Waals surface area contributed by atoms with E-state index in [1.54, 1.807) is 7.11 Å². The van der Waals surface area contributed by atoms with Gasteiger partial charge in [0.2, 0.25) is 0 Å². The first-order valence-electron chi connectivity index (χ1n) is 7.00. The van der Waals surface area contributed by atoms with Crippen LogP contribution in [0.5, 0.6) is 5.75 Å². The first-order valence-corrected chi connectivity index (χ1v) is 7.00. The molecule has 0 atom stereocenters. The molecule has 0 spiro atoms. The van der Waals surface area contributed by atoms with E-state index < -0.39 is 13.0 Å². The highest BCUT2D eigenvalue weighted by Gasteiger charge is 2.04. The Labute approximate surface area is 147 Å². The highest BCUT2D eigenvalue weighted by molar-refractivity contribution is 14.0. The van der Waals surface area contributed by atoms with Crippen LogP contribution >= 0.6 is 24.0 Å². The Balaban J connectivity index is 0.00000441. The molecule has 0 fully saturated rings. The third kappa shape index (κ3) is 7.77. The van der Waals surface area contributed by atoms with Gasteiger partial charge in [0.15, 0.2) is 5.96 Å². The van der Waals surface area contributed by atoms with Crippen LogP contribution in [0.1, 0.15) is 18.1 Å². The second-order valence-electron chi connectivity index (χ2n) is 4.59. The maximum absolute atomic E-state index is 12.2. The predicted molar refractivity (Wildman–Crippen MR) is 96.8 cm³/mol. The first kappa shape index (κ1) is 20.9. The molecule has 22 heavy (non-hydrogen) atoms. The molecular weight excluding hydrogens is 403 g/mol. The fraction of sp³-hybridized carbons (Fsp3) is 0.533. The molecule has 0 radical (unpaired) electrons. The zero-order chi connectivity index (χ0) is 15.7. The Morgan fingerprint density at radius 1 is 1.32 bits per heavy atom. The number of alkyl halides is 2. The molecule has 0 aromatic heterocycles. The van der Waals surface area contributed by atoms with E-state index in [9.17, 15) is 8.78 Å². The Morgan fingerprint density at radius 2 is 2.05 bits per heavy atom. The Morgan fingerprint density at radius 3 is 2.64 bits per heavy atom. The van der Waals surface area contributed by atoms with Gasteiger partial charge in [-0.1, -0.05) is 12.1 Å². The number of nitrogens with zero attached hydrogens (tertiary/aromatic N) is 1. The fourth-order valence-corrected chi connectivity index (χ4v) is 1.85. The van der Waals surface area contributed by atoms with Crippen molar-refractivity contribution in [3.8, 4) is 5.75 Å². The minimum absolute atomic E-state index is 0. The van der Waals surface area contributed by atoms with Gasteiger partial charge in [0, 0.05) is 13.1 Å². The van der Waals surface area contributed by atoms with Gasteiger partial charge in [0.25, 0.3) is 6.43 Å². The zero-order valence-corrected chi connectivity index (χ0v) is 15.5. The lowest BCUT2D eigenvalue weighted by Gasteiger charge is -2.12. The van der Waals surface area contributed by atoms with Crippen LogP contribution in [0.25, 0.3) is 0 Å². The topological polar surface area (TPSA) is 45.7 Å². The van der Waals surface area contributed by atoms with Crippen LogP contribution in [0.2, 0.25) is 0 Å². The summed E-state index contributed by atoms with van der Waals surface area (Å²) in [7, 11) is 1.64. The molecule has 0 aliphatic heterocycles. The number of halogens is 3. The van der Waals surface area contributed by atoms with Crippen molar-refractivity contribution in [2.75, 3.05) is 26.7 Å². The van der Waals surface area contributed by atoms with Crippen LogP contribution in [-0.4, -0.2) is 39.1 Å². The van der Waals surface area contributed by atoms with Gasteiger partial charge in [0.1, 0.15) is 12.3 Å². The van der Waals surface area contributed by atoms with E-state index in [0.717, 1.165) is 23.3 Å². The van der Waals surface area contributed by atoms with Gasteiger partial charge in [-0.05, 0) is 37.5 Å². The summed E-state index contributed by atoms with van der Waals surface area (Å²) < 4.78 is 29.6. The number of rotatable bonds is 7. The monoisotopic (exact) mass is 427 g/mol. The summed E-state index contributed by atoms with van der Waals surface area (Å²) in [6.45, 7) is 4.63. The number of ether oxygens (including phenoxy) is 1. The van der Waals surface area contributed by atoms with Gasteiger partial charge in [-0.3, -0.25) is 0 Å². The van der Waals surface area contributed by atoms with Crippen molar-refractivity contribution in [2.45, 2.75) is 26.7 Å². The van der Waals surface area contributed by atoms with Gasteiger partial charge in [0.05, 0.1) is 7.11 Å². The Hall–Kier alpha value is -1.12. The summed E-state index contributed by atoms with van der Waals surface area (Å²) in [4.78, 5) is 3.81. The van der Waals surface area contributed by atoms with E-state index >= 15 is 0 Å². The third-order valence-electron chi connectivity index (χ3n) is 2.91. The van der Waals surface area contributed by atoms with Gasteiger partial charge >= 0.3 is 0 Å². The number of hydrogen-bond donors (Lipinski definition) is 2. The van der Waals surface area contributed by atoms with Gasteiger partial charge in [-0.2, -0.15) is 0 Å². The Bertz CT molecular complexity index is 470. The molecule has 1 aromatic carbocycles. The third-order valence-corrected chi connectivity index (χ3v) is 2.91. The van der Waals surface area contributed by atoms with Crippen LogP contribution in [0.15, 0.2) is 23.2 Å². The number of nitrogens with one attached hydrogen (secondary N) is 2. The van der Waals surface area contributed by atoms with Gasteiger partial charge in [-0.15, -0.1) is 24.0 Å². The number of aliphatic imine (C=N–C) groups is 1. The normalized spacial score (nSPS) is 11.1. The molecular formula is C15H24F2IN3O. The van der Waals surface area contributed by atoms with Gasteiger partial charge in [-0.25, -0.2) is 13.8 Å². The van der Waals surface area contributed by atoms with Crippen LogP contribution in [0.4, 0.5) is 8.78 Å².